The average molecular weight is 228 g/mol. The van der Waals surface area contributed by atoms with E-state index in [0.29, 0.717) is 12.0 Å². The molecule has 0 saturated carbocycles. The van der Waals surface area contributed by atoms with E-state index >= 15 is 0 Å². The molecule has 96 valence electrons. The van der Waals surface area contributed by atoms with Crippen molar-refractivity contribution in [3.8, 4) is 0 Å². The maximum absolute atomic E-state index is 9.65. The summed E-state index contributed by atoms with van der Waals surface area (Å²) in [5.41, 5.74) is 0. The van der Waals surface area contributed by atoms with Crippen LogP contribution >= 0.6 is 0 Å². The lowest BCUT2D eigenvalue weighted by molar-refractivity contribution is 0.0736. The zero-order chi connectivity index (χ0) is 12.0. The molecule has 1 aliphatic rings. The number of likely N-dealkylation sites (tertiary alicyclic amines) is 1. The minimum atomic E-state index is -0.146. The fourth-order valence-corrected chi connectivity index (χ4v) is 2.46. The highest BCUT2D eigenvalue weighted by molar-refractivity contribution is 4.83. The number of nitrogens with zero attached hydrogens (tertiary/aromatic N) is 1. The summed E-state index contributed by atoms with van der Waals surface area (Å²) >= 11 is 0. The summed E-state index contributed by atoms with van der Waals surface area (Å²) in [6.07, 6.45) is 3.15. The number of piperidine rings is 1. The van der Waals surface area contributed by atoms with Crippen molar-refractivity contribution < 1.29 is 5.11 Å². The molecule has 3 unspecified atom stereocenters. The van der Waals surface area contributed by atoms with E-state index in [1.54, 1.807) is 0 Å². The van der Waals surface area contributed by atoms with E-state index in [2.05, 4.69) is 24.1 Å². The van der Waals surface area contributed by atoms with E-state index < -0.39 is 0 Å². The van der Waals surface area contributed by atoms with Crippen LogP contribution < -0.4 is 5.32 Å². The normalized spacial score (nSPS) is 29.2. The second kappa shape index (κ2) is 7.25. The van der Waals surface area contributed by atoms with E-state index in [9.17, 15) is 5.11 Å². The Bertz CT molecular complexity index is 187. The molecule has 0 spiro atoms. The van der Waals surface area contributed by atoms with Crippen LogP contribution in [0.1, 0.15) is 40.0 Å². The number of rotatable bonds is 6. The lowest BCUT2D eigenvalue weighted by Gasteiger charge is -2.38. The summed E-state index contributed by atoms with van der Waals surface area (Å²) in [5.74, 6) is 0.698. The van der Waals surface area contributed by atoms with Gasteiger partial charge in [-0.15, -0.1) is 0 Å². The van der Waals surface area contributed by atoms with Crippen LogP contribution in [-0.2, 0) is 0 Å². The van der Waals surface area contributed by atoms with Crippen LogP contribution in [0, 0.1) is 5.92 Å². The molecule has 1 aliphatic heterocycles. The third-order valence-electron chi connectivity index (χ3n) is 3.59. The molecule has 3 atom stereocenters. The van der Waals surface area contributed by atoms with E-state index in [0.717, 1.165) is 32.6 Å². The van der Waals surface area contributed by atoms with Crippen LogP contribution in [0.3, 0.4) is 0 Å². The maximum Gasteiger partial charge on any atom is 0.0664 e. The Morgan fingerprint density at radius 1 is 1.44 bits per heavy atom. The predicted octanol–water partition coefficient (Wildman–Crippen LogP) is 1.47. The van der Waals surface area contributed by atoms with Crippen molar-refractivity contribution in [1.29, 1.82) is 0 Å². The third kappa shape index (κ3) is 4.40. The Labute approximate surface area is 100 Å². The van der Waals surface area contributed by atoms with Crippen molar-refractivity contribution in [1.82, 2.24) is 10.2 Å². The SMILES string of the molecule is CCCNC1CCN(CC(O)CC)CC1C. The highest BCUT2D eigenvalue weighted by Crippen LogP contribution is 2.17. The van der Waals surface area contributed by atoms with Crippen molar-refractivity contribution >= 4 is 0 Å². The first kappa shape index (κ1) is 13.9. The molecule has 0 aromatic carbocycles. The van der Waals surface area contributed by atoms with Crippen LogP contribution in [0.2, 0.25) is 0 Å². The molecule has 0 aliphatic carbocycles. The van der Waals surface area contributed by atoms with Gasteiger partial charge in [-0.25, -0.2) is 0 Å². The first-order valence-corrected chi connectivity index (χ1v) is 6.81. The molecule has 0 bridgehead atoms. The first-order valence-electron chi connectivity index (χ1n) is 6.81. The molecule has 1 fully saturated rings. The van der Waals surface area contributed by atoms with Gasteiger partial charge in [0.05, 0.1) is 6.10 Å². The van der Waals surface area contributed by atoms with Gasteiger partial charge in [-0.3, -0.25) is 0 Å². The number of aliphatic hydroxyl groups is 1. The van der Waals surface area contributed by atoms with E-state index in [4.69, 9.17) is 0 Å². The van der Waals surface area contributed by atoms with Gasteiger partial charge in [0.25, 0.3) is 0 Å². The summed E-state index contributed by atoms with van der Waals surface area (Å²) in [5, 5.41) is 13.3. The zero-order valence-electron chi connectivity index (χ0n) is 11.1. The molecular formula is C13H28N2O. The Kier molecular flexibility index (Phi) is 6.32. The fraction of sp³-hybridized carbons (Fsp3) is 1.00. The molecule has 0 radical (unpaired) electrons. The van der Waals surface area contributed by atoms with Crippen LogP contribution in [0.5, 0.6) is 0 Å². The smallest absolute Gasteiger partial charge is 0.0664 e. The van der Waals surface area contributed by atoms with E-state index in [-0.39, 0.29) is 6.10 Å². The van der Waals surface area contributed by atoms with Crippen molar-refractivity contribution in [2.45, 2.75) is 52.2 Å². The van der Waals surface area contributed by atoms with Gasteiger partial charge in [0.2, 0.25) is 0 Å². The lowest BCUT2D eigenvalue weighted by Crippen LogP contribution is -2.50. The molecule has 16 heavy (non-hydrogen) atoms. The number of aliphatic hydroxyl groups excluding tert-OH is 1. The summed E-state index contributed by atoms with van der Waals surface area (Å²) in [4.78, 5) is 2.41. The molecule has 2 N–H and O–H groups in total. The Balaban J connectivity index is 2.27. The predicted molar refractivity (Wildman–Crippen MR) is 68.6 cm³/mol. The van der Waals surface area contributed by atoms with Gasteiger partial charge in [0.15, 0.2) is 0 Å². The summed E-state index contributed by atoms with van der Waals surface area (Å²) in [6, 6.07) is 0.676. The Morgan fingerprint density at radius 3 is 2.75 bits per heavy atom. The second-order valence-electron chi connectivity index (χ2n) is 5.15. The van der Waals surface area contributed by atoms with Crippen molar-refractivity contribution in [3.05, 3.63) is 0 Å². The first-order chi connectivity index (χ1) is 7.67. The van der Waals surface area contributed by atoms with Gasteiger partial charge >= 0.3 is 0 Å². The summed E-state index contributed by atoms with van der Waals surface area (Å²) in [7, 11) is 0. The van der Waals surface area contributed by atoms with Crippen LogP contribution in [0.4, 0.5) is 0 Å². The largest absolute Gasteiger partial charge is 0.392 e. The van der Waals surface area contributed by atoms with Gasteiger partial charge in [-0.05, 0) is 38.3 Å². The summed E-state index contributed by atoms with van der Waals surface area (Å²) in [6.45, 7) is 10.8. The molecule has 3 heteroatoms. The molecule has 1 heterocycles. The standard InChI is InChI=1S/C13H28N2O/c1-4-7-14-13-6-8-15(9-11(13)3)10-12(16)5-2/h11-14,16H,4-10H2,1-3H3. The molecule has 1 rings (SSSR count). The fourth-order valence-electron chi connectivity index (χ4n) is 2.46. The molecule has 0 amide bonds. The van der Waals surface area contributed by atoms with Gasteiger partial charge in [-0.1, -0.05) is 20.8 Å². The van der Waals surface area contributed by atoms with Crippen molar-refractivity contribution in [3.63, 3.8) is 0 Å². The second-order valence-corrected chi connectivity index (χ2v) is 5.15. The zero-order valence-corrected chi connectivity index (χ0v) is 11.1. The number of hydrogen-bond acceptors (Lipinski definition) is 3. The molecular weight excluding hydrogens is 200 g/mol. The van der Waals surface area contributed by atoms with Gasteiger partial charge in [0.1, 0.15) is 0 Å². The van der Waals surface area contributed by atoms with Gasteiger partial charge in [-0.2, -0.15) is 0 Å². The quantitative estimate of drug-likeness (QED) is 0.722. The number of β-amino-alcohol motifs (C(OH)–C–C–N with tert-alkyl or cyclic N) is 1. The van der Waals surface area contributed by atoms with Crippen LogP contribution in [0.15, 0.2) is 0 Å². The molecule has 1 saturated heterocycles. The lowest BCUT2D eigenvalue weighted by atomic mass is 9.93. The number of hydrogen-bond donors (Lipinski definition) is 2. The Hall–Kier alpha value is -0.120. The highest BCUT2D eigenvalue weighted by Gasteiger charge is 2.25. The van der Waals surface area contributed by atoms with Crippen LogP contribution in [-0.4, -0.2) is 48.3 Å². The maximum atomic E-state index is 9.65. The van der Waals surface area contributed by atoms with E-state index in [1.165, 1.54) is 12.8 Å². The van der Waals surface area contributed by atoms with Crippen molar-refractivity contribution in [2.24, 2.45) is 5.92 Å². The minimum absolute atomic E-state index is 0.146. The Morgan fingerprint density at radius 2 is 2.19 bits per heavy atom. The topological polar surface area (TPSA) is 35.5 Å². The minimum Gasteiger partial charge on any atom is -0.392 e. The summed E-state index contributed by atoms with van der Waals surface area (Å²) < 4.78 is 0. The van der Waals surface area contributed by atoms with Crippen LogP contribution in [0.25, 0.3) is 0 Å². The molecule has 0 aromatic rings. The van der Waals surface area contributed by atoms with Gasteiger partial charge in [0, 0.05) is 19.1 Å². The average Bonchev–Trinajstić information content (AvgIpc) is 2.28. The highest BCUT2D eigenvalue weighted by atomic mass is 16.3. The monoisotopic (exact) mass is 228 g/mol. The number of nitrogens with one attached hydrogen (secondary N) is 1. The van der Waals surface area contributed by atoms with Crippen molar-refractivity contribution in [2.75, 3.05) is 26.2 Å². The van der Waals surface area contributed by atoms with Gasteiger partial charge < -0.3 is 15.3 Å². The molecule has 3 nitrogen and oxygen atoms in total. The molecule has 0 aromatic heterocycles. The van der Waals surface area contributed by atoms with E-state index in [1.807, 2.05) is 6.92 Å². The third-order valence-corrected chi connectivity index (χ3v) is 3.59.